The zero-order chi connectivity index (χ0) is 44.9. The van der Waals surface area contributed by atoms with E-state index in [0.29, 0.717) is 19.4 Å². The first-order chi connectivity index (χ1) is 30.6. The van der Waals surface area contributed by atoms with E-state index in [1.807, 2.05) is 0 Å². The lowest BCUT2D eigenvalue weighted by atomic mass is 10.1. The molecular formula is C57H94O5. The van der Waals surface area contributed by atoms with Crippen LogP contribution in [0.15, 0.2) is 109 Å². The number of carbonyl (C=O) groups excluding carboxylic acids is 2. The zero-order valence-electron chi connectivity index (χ0n) is 40.3. The highest BCUT2D eigenvalue weighted by atomic mass is 16.6. The van der Waals surface area contributed by atoms with Crippen LogP contribution in [0.4, 0.5) is 0 Å². The van der Waals surface area contributed by atoms with Crippen molar-refractivity contribution in [3.8, 4) is 0 Å². The van der Waals surface area contributed by atoms with Crippen molar-refractivity contribution >= 4 is 11.9 Å². The average Bonchev–Trinajstić information content (AvgIpc) is 3.27. The number of esters is 2. The van der Waals surface area contributed by atoms with Crippen LogP contribution in [0.3, 0.4) is 0 Å². The quantitative estimate of drug-likeness (QED) is 0.0347. The lowest BCUT2D eigenvalue weighted by Gasteiger charge is -2.18. The van der Waals surface area contributed by atoms with Gasteiger partial charge < -0.3 is 14.2 Å². The highest BCUT2D eigenvalue weighted by Gasteiger charge is 2.17. The molecule has 62 heavy (non-hydrogen) atoms. The standard InChI is InChI=1S/C57H94O5/c1-4-7-10-13-16-19-22-24-26-28-30-32-34-37-40-43-46-49-52-60-53-55(62-57(59)51-48-45-42-39-35-21-18-15-12-9-6-3)54-61-56(58)50-47-44-41-38-36-33-31-29-27-25-23-20-17-14-11-8-5-2/h7-8,10-11,15-20,24-27,31,33,38,41,55H,4-6,9,12-14,21-23,28-30,32,34-37,39-40,42-54H2,1-3H3/b10-7-,11-8-,18-15-,19-16-,20-17-,26-24-,27-25-,33-31-,41-38-. The van der Waals surface area contributed by atoms with Gasteiger partial charge in [0.1, 0.15) is 6.61 Å². The van der Waals surface area contributed by atoms with Crippen LogP contribution in [-0.2, 0) is 23.8 Å². The fourth-order valence-corrected chi connectivity index (χ4v) is 6.54. The second kappa shape index (κ2) is 51.9. The summed E-state index contributed by atoms with van der Waals surface area (Å²) in [4.78, 5) is 25.3. The van der Waals surface area contributed by atoms with E-state index in [1.165, 1.54) is 77.0 Å². The van der Waals surface area contributed by atoms with Gasteiger partial charge in [0.05, 0.1) is 6.61 Å². The monoisotopic (exact) mass is 859 g/mol. The van der Waals surface area contributed by atoms with E-state index in [1.54, 1.807) is 0 Å². The lowest BCUT2D eigenvalue weighted by molar-refractivity contribution is -0.163. The molecule has 0 saturated carbocycles. The largest absolute Gasteiger partial charge is 0.462 e. The van der Waals surface area contributed by atoms with Crippen molar-refractivity contribution in [3.63, 3.8) is 0 Å². The molecule has 0 heterocycles. The smallest absolute Gasteiger partial charge is 0.306 e. The minimum absolute atomic E-state index is 0.0435. The molecule has 0 saturated heterocycles. The molecule has 1 atom stereocenters. The fourth-order valence-electron chi connectivity index (χ4n) is 6.54. The topological polar surface area (TPSA) is 61.8 Å². The van der Waals surface area contributed by atoms with Gasteiger partial charge in [-0.05, 0) is 109 Å². The Hall–Kier alpha value is -3.44. The molecule has 0 fully saturated rings. The number of rotatable bonds is 45. The average molecular weight is 859 g/mol. The molecule has 0 amide bonds. The lowest BCUT2D eigenvalue weighted by Crippen LogP contribution is -2.30. The molecule has 0 N–H and O–H groups in total. The molecule has 1 unspecified atom stereocenters. The van der Waals surface area contributed by atoms with Crippen molar-refractivity contribution in [1.82, 2.24) is 0 Å². The van der Waals surface area contributed by atoms with Crippen LogP contribution < -0.4 is 0 Å². The van der Waals surface area contributed by atoms with Gasteiger partial charge in [-0.3, -0.25) is 9.59 Å². The van der Waals surface area contributed by atoms with Gasteiger partial charge in [0.25, 0.3) is 0 Å². The predicted octanol–water partition coefficient (Wildman–Crippen LogP) is 17.2. The molecule has 0 aromatic carbocycles. The van der Waals surface area contributed by atoms with E-state index in [4.69, 9.17) is 14.2 Å². The van der Waals surface area contributed by atoms with E-state index < -0.39 is 6.10 Å². The van der Waals surface area contributed by atoms with Gasteiger partial charge in [0, 0.05) is 19.4 Å². The van der Waals surface area contributed by atoms with Crippen LogP contribution in [0, 0.1) is 0 Å². The van der Waals surface area contributed by atoms with E-state index in [-0.39, 0.29) is 25.2 Å². The van der Waals surface area contributed by atoms with Crippen LogP contribution >= 0.6 is 0 Å². The maximum absolute atomic E-state index is 12.8. The number of hydrogen-bond acceptors (Lipinski definition) is 5. The summed E-state index contributed by atoms with van der Waals surface area (Å²) in [5, 5.41) is 0. The Morgan fingerprint density at radius 2 is 0.742 bits per heavy atom. The molecular weight excluding hydrogens is 765 g/mol. The summed E-state index contributed by atoms with van der Waals surface area (Å²) in [6, 6.07) is 0. The third kappa shape index (κ3) is 49.2. The van der Waals surface area contributed by atoms with Crippen LogP contribution in [-0.4, -0.2) is 37.9 Å². The predicted molar refractivity (Wildman–Crippen MR) is 269 cm³/mol. The van der Waals surface area contributed by atoms with Crippen LogP contribution in [0.1, 0.15) is 213 Å². The zero-order valence-corrected chi connectivity index (χ0v) is 40.3. The summed E-state index contributed by atoms with van der Waals surface area (Å²) in [5.74, 6) is -0.486. The Morgan fingerprint density at radius 1 is 0.371 bits per heavy atom. The SMILES string of the molecule is CC/C=C\C/C=C\C/C=C\C/C=C\C/C=C\CCCC(=O)OCC(COCCCCCCCCCC/C=C\C/C=C\C/C=C\CC)OC(=O)CCCCCCC/C=C\CCCC. The second-order valence-corrected chi connectivity index (χ2v) is 16.3. The Labute approximate surface area is 383 Å². The van der Waals surface area contributed by atoms with Crippen molar-refractivity contribution in [2.45, 2.75) is 219 Å². The molecule has 0 rings (SSSR count). The molecule has 0 aromatic heterocycles. The minimum Gasteiger partial charge on any atom is -0.462 e. The molecule has 0 bridgehead atoms. The van der Waals surface area contributed by atoms with Crippen molar-refractivity contribution in [3.05, 3.63) is 109 Å². The molecule has 0 aliphatic heterocycles. The maximum atomic E-state index is 12.8. The van der Waals surface area contributed by atoms with Gasteiger partial charge in [-0.25, -0.2) is 0 Å². The normalized spacial score (nSPS) is 13.1. The van der Waals surface area contributed by atoms with Gasteiger partial charge in [0.15, 0.2) is 6.10 Å². The molecule has 352 valence electrons. The summed E-state index contributed by atoms with van der Waals surface area (Å²) in [6.07, 6.45) is 71.0. The van der Waals surface area contributed by atoms with Crippen LogP contribution in [0.2, 0.25) is 0 Å². The minimum atomic E-state index is -0.573. The Balaban J connectivity index is 4.36. The summed E-state index contributed by atoms with van der Waals surface area (Å²) in [6.45, 7) is 7.47. The number of ether oxygens (including phenoxy) is 3. The first-order valence-corrected chi connectivity index (χ1v) is 25.4. The number of allylic oxidation sites excluding steroid dienone is 18. The Bertz CT molecular complexity index is 1250. The van der Waals surface area contributed by atoms with Gasteiger partial charge in [-0.15, -0.1) is 0 Å². The number of unbranched alkanes of at least 4 members (excludes halogenated alkanes) is 16. The number of hydrogen-bond donors (Lipinski definition) is 0. The van der Waals surface area contributed by atoms with E-state index in [0.717, 1.165) is 103 Å². The molecule has 5 nitrogen and oxygen atoms in total. The first-order valence-electron chi connectivity index (χ1n) is 25.4. The molecule has 0 aliphatic carbocycles. The van der Waals surface area contributed by atoms with E-state index in [2.05, 4.69) is 130 Å². The maximum Gasteiger partial charge on any atom is 0.306 e. The van der Waals surface area contributed by atoms with Crippen molar-refractivity contribution in [1.29, 1.82) is 0 Å². The Morgan fingerprint density at radius 3 is 1.23 bits per heavy atom. The third-order valence-corrected chi connectivity index (χ3v) is 10.3. The number of carbonyl (C=O) groups is 2. The fraction of sp³-hybridized carbons (Fsp3) is 0.649. The highest BCUT2D eigenvalue weighted by Crippen LogP contribution is 2.13. The van der Waals surface area contributed by atoms with Gasteiger partial charge >= 0.3 is 11.9 Å². The Kier molecular flexibility index (Phi) is 49.0. The van der Waals surface area contributed by atoms with Gasteiger partial charge in [-0.2, -0.15) is 0 Å². The first kappa shape index (κ1) is 58.6. The summed E-state index contributed by atoms with van der Waals surface area (Å²) in [7, 11) is 0. The third-order valence-electron chi connectivity index (χ3n) is 10.3. The van der Waals surface area contributed by atoms with Crippen LogP contribution in [0.25, 0.3) is 0 Å². The van der Waals surface area contributed by atoms with E-state index >= 15 is 0 Å². The summed E-state index contributed by atoms with van der Waals surface area (Å²) in [5.41, 5.74) is 0. The molecule has 0 aromatic rings. The molecule has 0 radical (unpaired) electrons. The van der Waals surface area contributed by atoms with Crippen molar-refractivity contribution in [2.24, 2.45) is 0 Å². The molecule has 0 aliphatic rings. The van der Waals surface area contributed by atoms with Crippen molar-refractivity contribution < 1.29 is 23.8 Å². The summed E-state index contributed by atoms with van der Waals surface area (Å²) < 4.78 is 17.3. The van der Waals surface area contributed by atoms with Gasteiger partial charge in [0.2, 0.25) is 0 Å². The molecule has 5 heteroatoms. The summed E-state index contributed by atoms with van der Waals surface area (Å²) >= 11 is 0. The van der Waals surface area contributed by atoms with Crippen molar-refractivity contribution in [2.75, 3.05) is 19.8 Å². The highest BCUT2D eigenvalue weighted by molar-refractivity contribution is 5.70. The second-order valence-electron chi connectivity index (χ2n) is 16.3. The van der Waals surface area contributed by atoms with E-state index in [9.17, 15) is 9.59 Å². The molecule has 0 spiro atoms. The van der Waals surface area contributed by atoms with Crippen LogP contribution in [0.5, 0.6) is 0 Å². The van der Waals surface area contributed by atoms with Gasteiger partial charge in [-0.1, -0.05) is 201 Å².